The summed E-state index contributed by atoms with van der Waals surface area (Å²) in [6.45, 7) is 4.32. The quantitative estimate of drug-likeness (QED) is 0.869. The smallest absolute Gasteiger partial charge is 0.224 e. The lowest BCUT2D eigenvalue weighted by Crippen LogP contribution is -2.34. The maximum Gasteiger partial charge on any atom is 0.224 e. The fraction of sp³-hybridized carbons (Fsp3) is 0.562. The van der Waals surface area contributed by atoms with Gasteiger partial charge in [0.1, 0.15) is 5.75 Å². The number of amides is 1. The van der Waals surface area contributed by atoms with E-state index in [9.17, 15) is 4.79 Å². The lowest BCUT2D eigenvalue weighted by molar-refractivity contribution is -0.117. The minimum absolute atomic E-state index is 0.0799. The fourth-order valence-corrected chi connectivity index (χ4v) is 2.74. The standard InChI is InChI=1S/C16H24N2O2/c1-12(13-5-4-8-17-11-13)9-16(19)18-14-6-3-7-15(10-14)20-2/h3,6-7,10,12-13,17H,4-5,8-9,11H2,1-2H3,(H,18,19). The van der Waals surface area contributed by atoms with Crippen molar-refractivity contribution in [2.75, 3.05) is 25.5 Å². The highest BCUT2D eigenvalue weighted by molar-refractivity contribution is 5.91. The molecule has 0 saturated carbocycles. The largest absolute Gasteiger partial charge is 0.497 e. The predicted molar refractivity (Wildman–Crippen MR) is 81.0 cm³/mol. The van der Waals surface area contributed by atoms with Crippen molar-refractivity contribution in [1.29, 1.82) is 0 Å². The third-order valence-electron chi connectivity index (χ3n) is 4.00. The summed E-state index contributed by atoms with van der Waals surface area (Å²) in [7, 11) is 1.62. The third kappa shape index (κ3) is 4.23. The summed E-state index contributed by atoms with van der Waals surface area (Å²) in [6, 6.07) is 7.47. The Morgan fingerprint density at radius 3 is 3.10 bits per heavy atom. The molecule has 1 aliphatic heterocycles. The van der Waals surface area contributed by atoms with E-state index in [0.717, 1.165) is 24.5 Å². The van der Waals surface area contributed by atoms with Crippen LogP contribution in [0.15, 0.2) is 24.3 Å². The number of carbonyl (C=O) groups excluding carboxylic acids is 1. The zero-order valence-corrected chi connectivity index (χ0v) is 12.3. The Hall–Kier alpha value is -1.55. The Bertz CT molecular complexity index is 442. The van der Waals surface area contributed by atoms with E-state index in [1.807, 2.05) is 24.3 Å². The van der Waals surface area contributed by atoms with E-state index in [1.165, 1.54) is 12.8 Å². The van der Waals surface area contributed by atoms with E-state index < -0.39 is 0 Å². The molecule has 2 rings (SSSR count). The van der Waals surface area contributed by atoms with E-state index in [0.29, 0.717) is 18.3 Å². The number of hydrogen-bond donors (Lipinski definition) is 2. The van der Waals surface area contributed by atoms with Crippen molar-refractivity contribution < 1.29 is 9.53 Å². The van der Waals surface area contributed by atoms with Gasteiger partial charge in [-0.3, -0.25) is 4.79 Å². The second kappa shape index (κ2) is 7.29. The molecule has 1 fully saturated rings. The summed E-state index contributed by atoms with van der Waals surface area (Å²) in [5.74, 6) is 1.86. The van der Waals surface area contributed by atoms with Gasteiger partial charge >= 0.3 is 0 Å². The highest BCUT2D eigenvalue weighted by Crippen LogP contribution is 2.23. The van der Waals surface area contributed by atoms with Crippen molar-refractivity contribution in [1.82, 2.24) is 5.32 Å². The van der Waals surface area contributed by atoms with Gasteiger partial charge in [0.25, 0.3) is 0 Å². The molecule has 110 valence electrons. The van der Waals surface area contributed by atoms with Gasteiger partial charge in [-0.05, 0) is 49.9 Å². The Morgan fingerprint density at radius 2 is 2.40 bits per heavy atom. The van der Waals surface area contributed by atoms with Gasteiger partial charge in [0.15, 0.2) is 0 Å². The normalized spacial score (nSPS) is 20.2. The minimum atomic E-state index is 0.0799. The molecule has 4 nitrogen and oxygen atoms in total. The van der Waals surface area contributed by atoms with Gasteiger partial charge < -0.3 is 15.4 Å². The van der Waals surface area contributed by atoms with E-state index in [-0.39, 0.29) is 5.91 Å². The molecule has 1 saturated heterocycles. The molecule has 1 aliphatic rings. The van der Waals surface area contributed by atoms with E-state index in [1.54, 1.807) is 7.11 Å². The topological polar surface area (TPSA) is 50.4 Å². The third-order valence-corrected chi connectivity index (χ3v) is 4.00. The van der Waals surface area contributed by atoms with Crippen molar-refractivity contribution in [2.24, 2.45) is 11.8 Å². The van der Waals surface area contributed by atoms with Gasteiger partial charge in [0.2, 0.25) is 5.91 Å². The summed E-state index contributed by atoms with van der Waals surface area (Å²) in [6.07, 6.45) is 3.01. The molecule has 20 heavy (non-hydrogen) atoms. The lowest BCUT2D eigenvalue weighted by atomic mass is 9.85. The second-order valence-electron chi connectivity index (χ2n) is 5.57. The molecule has 4 heteroatoms. The van der Waals surface area contributed by atoms with E-state index in [4.69, 9.17) is 4.74 Å². The maximum absolute atomic E-state index is 12.1. The Labute approximate surface area is 120 Å². The summed E-state index contributed by atoms with van der Waals surface area (Å²) in [4.78, 5) is 12.1. The van der Waals surface area contributed by atoms with Gasteiger partial charge in [-0.15, -0.1) is 0 Å². The van der Waals surface area contributed by atoms with Crippen molar-refractivity contribution in [3.63, 3.8) is 0 Å². The van der Waals surface area contributed by atoms with Crippen LogP contribution in [0.1, 0.15) is 26.2 Å². The lowest BCUT2D eigenvalue weighted by Gasteiger charge is -2.28. The van der Waals surface area contributed by atoms with Gasteiger partial charge in [-0.25, -0.2) is 0 Å². The molecule has 0 aliphatic carbocycles. The first-order valence-electron chi connectivity index (χ1n) is 7.33. The average Bonchev–Trinajstić information content (AvgIpc) is 2.48. The molecule has 0 radical (unpaired) electrons. The van der Waals surface area contributed by atoms with Crippen LogP contribution in [0.3, 0.4) is 0 Å². The van der Waals surface area contributed by atoms with Gasteiger partial charge in [-0.2, -0.15) is 0 Å². The molecule has 2 atom stereocenters. The zero-order chi connectivity index (χ0) is 14.4. The number of piperidine rings is 1. The van der Waals surface area contributed by atoms with Crippen molar-refractivity contribution in [3.05, 3.63) is 24.3 Å². The van der Waals surface area contributed by atoms with Gasteiger partial charge in [-0.1, -0.05) is 13.0 Å². The summed E-state index contributed by atoms with van der Waals surface area (Å²) in [5.41, 5.74) is 0.795. The van der Waals surface area contributed by atoms with Crippen LogP contribution in [0.25, 0.3) is 0 Å². The van der Waals surface area contributed by atoms with Crippen LogP contribution in [-0.2, 0) is 4.79 Å². The van der Waals surface area contributed by atoms with Crippen LogP contribution in [-0.4, -0.2) is 26.1 Å². The molecular formula is C16H24N2O2. The highest BCUT2D eigenvalue weighted by atomic mass is 16.5. The molecule has 0 spiro atoms. The summed E-state index contributed by atoms with van der Waals surface area (Å²) >= 11 is 0. The van der Waals surface area contributed by atoms with Crippen LogP contribution < -0.4 is 15.4 Å². The van der Waals surface area contributed by atoms with E-state index >= 15 is 0 Å². The Balaban J connectivity index is 1.84. The first-order chi connectivity index (χ1) is 9.69. The van der Waals surface area contributed by atoms with Gasteiger partial charge in [0.05, 0.1) is 7.11 Å². The minimum Gasteiger partial charge on any atom is -0.497 e. The number of hydrogen-bond acceptors (Lipinski definition) is 3. The van der Waals surface area contributed by atoms with Crippen LogP contribution in [0.2, 0.25) is 0 Å². The maximum atomic E-state index is 12.1. The number of methoxy groups -OCH3 is 1. The van der Waals surface area contributed by atoms with E-state index in [2.05, 4.69) is 17.6 Å². The number of carbonyl (C=O) groups is 1. The van der Waals surface area contributed by atoms with Crippen LogP contribution in [0, 0.1) is 11.8 Å². The zero-order valence-electron chi connectivity index (χ0n) is 12.3. The number of rotatable bonds is 5. The molecule has 1 aromatic carbocycles. The number of anilines is 1. The predicted octanol–water partition coefficient (Wildman–Crippen LogP) is 2.66. The summed E-state index contributed by atoms with van der Waals surface area (Å²) in [5, 5.41) is 6.35. The number of nitrogens with one attached hydrogen (secondary N) is 2. The summed E-state index contributed by atoms with van der Waals surface area (Å²) < 4.78 is 5.15. The molecule has 2 unspecified atom stereocenters. The Morgan fingerprint density at radius 1 is 1.55 bits per heavy atom. The van der Waals surface area contributed by atoms with Crippen molar-refractivity contribution in [2.45, 2.75) is 26.2 Å². The van der Waals surface area contributed by atoms with Crippen LogP contribution >= 0.6 is 0 Å². The van der Waals surface area contributed by atoms with Crippen LogP contribution in [0.4, 0.5) is 5.69 Å². The molecule has 1 amide bonds. The first-order valence-corrected chi connectivity index (χ1v) is 7.33. The van der Waals surface area contributed by atoms with Gasteiger partial charge in [0, 0.05) is 18.2 Å². The number of ether oxygens (including phenoxy) is 1. The number of benzene rings is 1. The fourth-order valence-electron chi connectivity index (χ4n) is 2.74. The SMILES string of the molecule is COc1cccc(NC(=O)CC(C)C2CCCNC2)c1. The molecule has 1 aromatic rings. The monoisotopic (exact) mass is 276 g/mol. The first kappa shape index (κ1) is 14.9. The molecular weight excluding hydrogens is 252 g/mol. The molecule has 0 bridgehead atoms. The van der Waals surface area contributed by atoms with Crippen molar-refractivity contribution in [3.8, 4) is 5.75 Å². The molecule has 1 heterocycles. The average molecular weight is 276 g/mol. The Kier molecular flexibility index (Phi) is 5.41. The molecule has 0 aromatic heterocycles. The second-order valence-corrected chi connectivity index (χ2v) is 5.57. The van der Waals surface area contributed by atoms with Crippen molar-refractivity contribution >= 4 is 11.6 Å². The highest BCUT2D eigenvalue weighted by Gasteiger charge is 2.21. The molecule has 2 N–H and O–H groups in total. The van der Waals surface area contributed by atoms with Crippen LogP contribution in [0.5, 0.6) is 5.75 Å².